The third-order valence-corrected chi connectivity index (χ3v) is 7.93. The summed E-state index contributed by atoms with van der Waals surface area (Å²) >= 11 is 0. The van der Waals surface area contributed by atoms with E-state index in [-0.39, 0.29) is 23.5 Å². The molecule has 3 rings (SSSR count). The van der Waals surface area contributed by atoms with E-state index in [4.69, 9.17) is 14.0 Å². The first-order valence-corrected chi connectivity index (χ1v) is 15.6. The zero-order valence-corrected chi connectivity index (χ0v) is 25.2. The number of carbonyl (C=O) groups excluding carboxylic acids is 2. The molecule has 1 atom stereocenters. The van der Waals surface area contributed by atoms with Crippen molar-refractivity contribution < 1.29 is 27.0 Å². The molecule has 0 aromatic heterocycles. The van der Waals surface area contributed by atoms with Gasteiger partial charge in [-0.05, 0) is 64.8 Å². The van der Waals surface area contributed by atoms with Crippen molar-refractivity contribution in [2.45, 2.75) is 52.0 Å². The SMILES string of the molecule is CCN(CCCS(=O)(=O)O)c1ccc2nc3ccc(=[N+](C)CCC(=O)NCCCCC(NC)C(C)=O)cc-3oc2c1. The van der Waals surface area contributed by atoms with E-state index in [1.165, 1.54) is 0 Å². The van der Waals surface area contributed by atoms with Crippen molar-refractivity contribution in [2.75, 3.05) is 50.9 Å². The summed E-state index contributed by atoms with van der Waals surface area (Å²) in [6.45, 7) is 5.82. The third kappa shape index (κ3) is 9.91. The molecule has 1 aliphatic carbocycles. The minimum Gasteiger partial charge on any atom is -0.452 e. The number of fused-ring (bicyclic) bond motifs is 2. The van der Waals surface area contributed by atoms with Gasteiger partial charge in [0, 0.05) is 37.5 Å². The van der Waals surface area contributed by atoms with E-state index in [0.717, 1.165) is 30.3 Å². The number of amides is 1. The second-order valence-electron chi connectivity index (χ2n) is 10.2. The van der Waals surface area contributed by atoms with Crippen LogP contribution < -0.4 is 25.5 Å². The lowest BCUT2D eigenvalue weighted by molar-refractivity contribution is -0.121. The maximum Gasteiger partial charge on any atom is 0.264 e. The molecule has 0 saturated carbocycles. The number of nitrogens with one attached hydrogen (secondary N) is 2. The van der Waals surface area contributed by atoms with Gasteiger partial charge in [-0.25, -0.2) is 9.56 Å². The highest BCUT2D eigenvalue weighted by Crippen LogP contribution is 2.27. The fourth-order valence-electron chi connectivity index (χ4n) is 4.68. The lowest BCUT2D eigenvalue weighted by atomic mass is 10.1. The maximum atomic E-state index is 12.3. The summed E-state index contributed by atoms with van der Waals surface area (Å²) in [5.41, 5.74) is 2.90. The Labute approximate surface area is 241 Å². The number of Topliss-reactive ketones (excluding diaryl/α,β-unsaturated/α-hetero) is 1. The van der Waals surface area contributed by atoms with Gasteiger partial charge < -0.3 is 20.0 Å². The Bertz CT molecular complexity index is 1490. The maximum absolute atomic E-state index is 12.3. The van der Waals surface area contributed by atoms with Crippen molar-refractivity contribution >= 4 is 38.6 Å². The van der Waals surface area contributed by atoms with Crippen molar-refractivity contribution in [2.24, 2.45) is 0 Å². The quantitative estimate of drug-likeness (QED) is 0.0993. The van der Waals surface area contributed by atoms with E-state index in [2.05, 4.69) is 10.6 Å². The summed E-state index contributed by atoms with van der Waals surface area (Å²) in [6.07, 6.45) is 3.10. The van der Waals surface area contributed by atoms with Crippen LogP contribution in [0.15, 0.2) is 40.8 Å². The van der Waals surface area contributed by atoms with Crippen molar-refractivity contribution in [1.29, 1.82) is 0 Å². The van der Waals surface area contributed by atoms with E-state index < -0.39 is 10.1 Å². The number of aromatic nitrogens is 1. The van der Waals surface area contributed by atoms with Gasteiger partial charge in [0.25, 0.3) is 10.1 Å². The van der Waals surface area contributed by atoms with Crippen molar-refractivity contribution in [3.8, 4) is 11.5 Å². The molecule has 0 spiro atoms. The summed E-state index contributed by atoms with van der Waals surface area (Å²) in [7, 11) is -0.289. The fraction of sp³-hybridized carbons (Fsp3) is 0.517. The summed E-state index contributed by atoms with van der Waals surface area (Å²) in [6, 6.07) is 11.3. The van der Waals surface area contributed by atoms with Crippen LogP contribution in [0.5, 0.6) is 0 Å². The molecule has 0 fully saturated rings. The molecule has 41 heavy (non-hydrogen) atoms. The van der Waals surface area contributed by atoms with Gasteiger partial charge in [0.05, 0.1) is 24.3 Å². The van der Waals surface area contributed by atoms with E-state index in [1.807, 2.05) is 59.8 Å². The zero-order chi connectivity index (χ0) is 30.0. The van der Waals surface area contributed by atoms with Crippen LogP contribution in [0.1, 0.15) is 46.0 Å². The second kappa shape index (κ2) is 15.0. The fourth-order valence-corrected chi connectivity index (χ4v) is 5.18. The molecule has 0 bridgehead atoms. The zero-order valence-electron chi connectivity index (χ0n) is 24.4. The second-order valence-corrected chi connectivity index (χ2v) is 11.8. The van der Waals surface area contributed by atoms with E-state index in [9.17, 15) is 18.0 Å². The van der Waals surface area contributed by atoms with Crippen molar-refractivity contribution in [3.05, 3.63) is 41.8 Å². The number of benzene rings is 2. The molecule has 2 aliphatic rings. The van der Waals surface area contributed by atoms with Gasteiger partial charge >= 0.3 is 0 Å². The summed E-state index contributed by atoms with van der Waals surface area (Å²) in [5.74, 6) is 0.439. The monoisotopic (exact) mass is 588 g/mol. The lowest BCUT2D eigenvalue weighted by Crippen LogP contribution is -2.33. The summed E-state index contributed by atoms with van der Waals surface area (Å²) in [4.78, 5) is 30.6. The number of anilines is 1. The predicted octanol–water partition coefficient (Wildman–Crippen LogP) is 2.29. The average molecular weight is 589 g/mol. The molecule has 12 heteroatoms. The van der Waals surface area contributed by atoms with Gasteiger partial charge in [-0.1, -0.05) is 0 Å². The van der Waals surface area contributed by atoms with Crippen LogP contribution in [0.25, 0.3) is 22.6 Å². The minimum atomic E-state index is -3.99. The molecule has 224 valence electrons. The minimum absolute atomic E-state index is 0.0173. The van der Waals surface area contributed by atoms with Gasteiger partial charge in [-0.2, -0.15) is 8.42 Å². The van der Waals surface area contributed by atoms with Gasteiger partial charge in [-0.15, -0.1) is 0 Å². The molecule has 1 heterocycles. The molecular weight excluding hydrogens is 546 g/mol. The molecule has 1 unspecified atom stereocenters. The number of likely N-dealkylation sites (N-methyl/N-ethyl adjacent to an activating group) is 1. The Morgan fingerprint density at radius 2 is 1.93 bits per heavy atom. The Morgan fingerprint density at radius 3 is 2.61 bits per heavy atom. The number of hydrogen-bond donors (Lipinski definition) is 3. The molecule has 1 aromatic carbocycles. The first-order valence-electron chi connectivity index (χ1n) is 14.0. The van der Waals surface area contributed by atoms with Crippen LogP contribution in [-0.4, -0.2) is 81.7 Å². The Hall–Kier alpha value is -3.35. The highest BCUT2D eigenvalue weighted by molar-refractivity contribution is 7.85. The van der Waals surface area contributed by atoms with Gasteiger partial charge in [-0.3, -0.25) is 14.1 Å². The smallest absolute Gasteiger partial charge is 0.264 e. The predicted molar refractivity (Wildman–Crippen MR) is 161 cm³/mol. The highest BCUT2D eigenvalue weighted by atomic mass is 32.2. The Kier molecular flexibility index (Phi) is 11.8. The van der Waals surface area contributed by atoms with E-state index in [1.54, 1.807) is 14.0 Å². The number of carbonyl (C=O) groups is 2. The summed E-state index contributed by atoms with van der Waals surface area (Å²) < 4.78 is 39.4. The van der Waals surface area contributed by atoms with Gasteiger partial charge in [0.2, 0.25) is 11.3 Å². The van der Waals surface area contributed by atoms with E-state index >= 15 is 0 Å². The molecular formula is C29H42N5O6S+. The van der Waals surface area contributed by atoms with Gasteiger partial charge in [0.15, 0.2) is 17.9 Å². The number of rotatable bonds is 16. The van der Waals surface area contributed by atoms with Crippen LogP contribution in [0.4, 0.5) is 5.69 Å². The molecule has 1 aromatic rings. The van der Waals surface area contributed by atoms with Crippen LogP contribution in [-0.2, 0) is 19.7 Å². The molecule has 11 nitrogen and oxygen atoms in total. The number of unbranched alkanes of at least 4 members (excludes halogenated alkanes) is 1. The number of hydrogen-bond acceptors (Lipinski definition) is 8. The third-order valence-electron chi connectivity index (χ3n) is 7.12. The van der Waals surface area contributed by atoms with Crippen LogP contribution in [0.2, 0.25) is 0 Å². The van der Waals surface area contributed by atoms with E-state index in [0.29, 0.717) is 61.6 Å². The number of nitrogens with zero attached hydrogens (tertiary/aromatic N) is 3. The Morgan fingerprint density at radius 1 is 1.15 bits per heavy atom. The van der Waals surface area contributed by atoms with Crippen LogP contribution >= 0.6 is 0 Å². The van der Waals surface area contributed by atoms with Crippen molar-refractivity contribution in [3.63, 3.8) is 0 Å². The van der Waals surface area contributed by atoms with Crippen molar-refractivity contribution in [1.82, 2.24) is 20.2 Å². The average Bonchev–Trinajstić information content (AvgIpc) is 2.93. The first-order chi connectivity index (χ1) is 19.5. The van der Waals surface area contributed by atoms with Crippen LogP contribution in [0.3, 0.4) is 0 Å². The summed E-state index contributed by atoms with van der Waals surface area (Å²) in [5, 5.41) is 6.86. The molecule has 0 radical (unpaired) electrons. The largest absolute Gasteiger partial charge is 0.452 e. The van der Waals surface area contributed by atoms with Gasteiger partial charge in [0.1, 0.15) is 24.0 Å². The number of ketones is 1. The Balaban J connectivity index is 1.64. The molecule has 0 saturated heterocycles. The topological polar surface area (TPSA) is 145 Å². The molecule has 1 aliphatic heterocycles. The molecule has 3 N–H and O–H groups in total. The van der Waals surface area contributed by atoms with Crippen LogP contribution in [0, 0.1) is 0 Å². The normalized spacial score (nSPS) is 13.3. The first kappa shape index (κ1) is 32.2. The molecule has 1 amide bonds. The standard InChI is InChI=1S/C29H41N5O6S/c1-5-34(16-8-18-41(37,38)39)23-11-13-26-28(20-23)40-27-19-22(10-12-25(27)32-26)33(4)17-14-29(36)31-15-7-6-9-24(30-3)21(2)35/h10-13,19-20,24,30H,5-9,14-18H2,1-4H3,(H-,31,36,37,38,39)/p+1. The highest BCUT2D eigenvalue weighted by Gasteiger charge is 2.15. The lowest BCUT2D eigenvalue weighted by Gasteiger charge is -2.23.